The smallest absolute Gasteiger partial charge is 0.407 e. The van der Waals surface area contributed by atoms with Crippen molar-refractivity contribution in [2.75, 3.05) is 78.9 Å². The molecule has 0 radical (unpaired) electrons. The van der Waals surface area contributed by atoms with Crippen LogP contribution in [0.5, 0.6) is 5.75 Å². The van der Waals surface area contributed by atoms with Crippen LogP contribution in [0.25, 0.3) is 0 Å². The molecule has 3 aliphatic heterocycles. The molecule has 2 fully saturated rings. The number of carbonyl (C=O) groups is 12. The highest BCUT2D eigenvalue weighted by atomic mass is 35.5. The summed E-state index contributed by atoms with van der Waals surface area (Å²) < 4.78 is 50.3. The van der Waals surface area contributed by atoms with Gasteiger partial charge < -0.3 is 84.7 Å². The topological polar surface area (TPSA) is 388 Å². The van der Waals surface area contributed by atoms with E-state index < -0.39 is 125 Å². The van der Waals surface area contributed by atoms with Gasteiger partial charge in [-0.3, -0.25) is 43.2 Å². The number of epoxide rings is 1. The second-order valence-electron chi connectivity index (χ2n) is 27.4. The van der Waals surface area contributed by atoms with Gasteiger partial charge in [-0.1, -0.05) is 94.8 Å². The lowest BCUT2D eigenvalue weighted by molar-refractivity contribution is -0.197. The fraction of sp³-hybridized carbons (Fsp3) is 0.573. The third-order valence-corrected chi connectivity index (χ3v) is 17.7. The van der Waals surface area contributed by atoms with Gasteiger partial charge in [-0.15, -0.1) is 5.06 Å². The van der Waals surface area contributed by atoms with Crippen LogP contribution in [0.4, 0.5) is 10.5 Å². The van der Waals surface area contributed by atoms with E-state index in [4.69, 9.17) is 59.1 Å². The minimum absolute atomic E-state index is 0.0139. The van der Waals surface area contributed by atoms with Crippen molar-refractivity contribution >= 4 is 88.5 Å². The Morgan fingerprint density at radius 1 is 0.717 bits per heavy atom. The Labute approximate surface area is 623 Å². The maximum Gasteiger partial charge on any atom is 0.407 e. The summed E-state index contributed by atoms with van der Waals surface area (Å²) in [5, 5.41) is 20.1. The number of rotatable bonds is 40. The van der Waals surface area contributed by atoms with Crippen LogP contribution >= 0.6 is 11.6 Å². The first-order chi connectivity index (χ1) is 50.6. The summed E-state index contributed by atoms with van der Waals surface area (Å²) in [5.74, 6) is -7.34. The fourth-order valence-corrected chi connectivity index (χ4v) is 11.4. The Morgan fingerprint density at radius 2 is 1.38 bits per heavy atom. The third kappa shape index (κ3) is 29.7. The van der Waals surface area contributed by atoms with E-state index in [9.17, 15) is 57.5 Å². The van der Waals surface area contributed by atoms with Crippen LogP contribution in [0.3, 0.4) is 0 Å². The molecule has 3 heterocycles. The molecule has 0 saturated carbocycles. The Hall–Kier alpha value is -9.07. The molecule has 0 bridgehead atoms. The first kappa shape index (κ1) is 85.9. The molecule has 3 aliphatic rings. The van der Waals surface area contributed by atoms with Crippen molar-refractivity contribution in [1.82, 2.24) is 37.0 Å². The number of alkyl carbamates (subject to hydrolysis) is 1. The van der Waals surface area contributed by atoms with Crippen molar-refractivity contribution in [2.24, 2.45) is 23.2 Å². The number of unbranched alkanes of at least 4 members (excludes halogenated alkanes) is 1. The van der Waals surface area contributed by atoms with Gasteiger partial charge >= 0.3 is 24.0 Å². The number of ether oxygens (including phenoxy) is 9. The molecule has 0 spiro atoms. The lowest BCUT2D eigenvalue weighted by atomic mass is 9.92. The molecule has 3 aromatic carbocycles. The summed E-state index contributed by atoms with van der Waals surface area (Å²) in [6.45, 7) is 14.9. The van der Waals surface area contributed by atoms with E-state index in [1.165, 1.54) is 13.2 Å². The molecule has 6 rings (SSSR count). The molecule has 0 aliphatic carbocycles. The Balaban J connectivity index is 1.000. The number of imide groups is 1. The molecule has 2 saturated heterocycles. The van der Waals surface area contributed by atoms with E-state index >= 15 is 0 Å². The molecule has 0 aromatic heterocycles. The van der Waals surface area contributed by atoms with E-state index in [-0.39, 0.29) is 109 Å². The van der Waals surface area contributed by atoms with Crippen LogP contribution in [0.1, 0.15) is 147 Å². The predicted molar refractivity (Wildman–Crippen MR) is 384 cm³/mol. The molecule has 106 heavy (non-hydrogen) atoms. The van der Waals surface area contributed by atoms with Crippen molar-refractivity contribution in [3.05, 3.63) is 106 Å². The standard InChI is InChI=1S/C75H103ClN8O22/c1-46(2)40-59-72(94)103-57(15-12-16-61(86)81-56(42-51-23-28-58(98-9)54(76)41-51)69(91)79-45-75(6,7)73(95)104-59)48(5)67-68(105-67)52-24-19-49(20-25-52)43-78-74(96)102-44-50-21-26-53(27-22-50)80-70(92)55(14-10-11-32-77-60(85)31-33-99-36-37-101-39-38-100-35-34-97-8)82-71(93)66(47(3)4)83-62(87)17-13-18-65(90)106-84-63(88)29-30-64(84)89/h12,16,19-28,41,46-48,55-57,59,66-68H,10-11,13-15,17-18,29-40,42-45H2,1-9H3,(H,77,85)(H,78,96)(H,79,91)(H,80,92)(H,81,86)(H,82,93)(H,83,87)/b16-12+/t48-,55-,56?,57?,59-,66-,67+,68+/m0/s1. The number of cyclic esters (lactones) is 2. The van der Waals surface area contributed by atoms with Crippen LogP contribution in [-0.2, 0) is 115 Å². The van der Waals surface area contributed by atoms with Gasteiger partial charge in [-0.25, -0.2) is 14.4 Å². The van der Waals surface area contributed by atoms with Crippen LogP contribution in [-0.4, -0.2) is 186 Å². The molecule has 31 heteroatoms. The van der Waals surface area contributed by atoms with Gasteiger partial charge in [0, 0.05) is 83.3 Å². The van der Waals surface area contributed by atoms with E-state index in [1.54, 1.807) is 83.3 Å². The zero-order valence-electron chi connectivity index (χ0n) is 61.8. The summed E-state index contributed by atoms with van der Waals surface area (Å²) in [7, 11) is 3.07. The van der Waals surface area contributed by atoms with Crippen molar-refractivity contribution in [1.29, 1.82) is 0 Å². The van der Waals surface area contributed by atoms with Gasteiger partial charge in [0.2, 0.25) is 35.4 Å². The molecule has 8 atom stereocenters. The second-order valence-corrected chi connectivity index (χ2v) is 27.8. The van der Waals surface area contributed by atoms with Gasteiger partial charge in [-0.2, -0.15) is 0 Å². The Kier molecular flexibility index (Phi) is 35.8. The van der Waals surface area contributed by atoms with Crippen LogP contribution in [0.15, 0.2) is 78.9 Å². The largest absolute Gasteiger partial charge is 0.495 e. The number of hydrogen-bond acceptors (Lipinski definition) is 22. The highest BCUT2D eigenvalue weighted by Crippen LogP contribution is 2.45. The van der Waals surface area contributed by atoms with Gasteiger partial charge in [0.05, 0.1) is 69.9 Å². The quantitative estimate of drug-likeness (QED) is 0.0108. The SMILES string of the molecule is COCCOCCOCCOCCC(=O)NCCCC[C@H](NC(=O)[C@@H](NC(=O)CCCC(=O)ON1C(=O)CCC1=O)C(C)C)C(=O)Nc1ccc(COC(=O)NCc2ccc([C@H]3O[C@@H]3[C@@H](C)C3C/C=C/C(=O)NC(Cc4ccc(OC)c(Cl)c4)C(=O)NCC(C)(C)C(=O)O[C@@H](CC(C)C)C(=O)O3)cc2)cc1. The average Bonchev–Trinajstić information content (AvgIpc) is 1.63. The van der Waals surface area contributed by atoms with Crippen LogP contribution in [0, 0.1) is 23.2 Å². The summed E-state index contributed by atoms with van der Waals surface area (Å²) in [6, 6.07) is 15.6. The minimum atomic E-state index is -1.30. The third-order valence-electron chi connectivity index (χ3n) is 17.4. The lowest BCUT2D eigenvalue weighted by Gasteiger charge is -2.29. The monoisotopic (exact) mass is 1500 g/mol. The van der Waals surface area contributed by atoms with Gasteiger partial charge in [0.1, 0.15) is 42.7 Å². The maximum atomic E-state index is 14.0. The van der Waals surface area contributed by atoms with Gasteiger partial charge in [0.25, 0.3) is 11.8 Å². The van der Waals surface area contributed by atoms with Crippen LogP contribution in [0.2, 0.25) is 5.02 Å². The fourth-order valence-electron chi connectivity index (χ4n) is 11.1. The van der Waals surface area contributed by atoms with Gasteiger partial charge in [0.15, 0.2) is 6.10 Å². The van der Waals surface area contributed by atoms with E-state index in [2.05, 4.69) is 37.2 Å². The molecule has 9 amide bonds. The van der Waals surface area contributed by atoms with Crippen molar-refractivity contribution in [3.8, 4) is 5.75 Å². The first-order valence-electron chi connectivity index (χ1n) is 35.8. The predicted octanol–water partition coefficient (Wildman–Crippen LogP) is 6.26. The number of nitrogens with zero attached hydrogens (tertiary/aromatic N) is 1. The number of halogens is 1. The molecule has 582 valence electrons. The molecule has 30 nitrogen and oxygen atoms in total. The number of methoxy groups -OCH3 is 2. The zero-order chi connectivity index (χ0) is 77.3. The summed E-state index contributed by atoms with van der Waals surface area (Å²) in [4.78, 5) is 163. The van der Waals surface area contributed by atoms with Crippen molar-refractivity contribution in [2.45, 2.75) is 181 Å². The van der Waals surface area contributed by atoms with E-state index in [0.717, 1.165) is 11.1 Å². The van der Waals surface area contributed by atoms with Crippen molar-refractivity contribution < 1.29 is 105 Å². The molecular formula is C75H103ClN8O22. The molecule has 7 N–H and O–H groups in total. The van der Waals surface area contributed by atoms with E-state index in [0.29, 0.717) is 85.1 Å². The highest BCUT2D eigenvalue weighted by molar-refractivity contribution is 6.32. The summed E-state index contributed by atoms with van der Waals surface area (Å²) >= 11 is 6.40. The number of nitrogens with one attached hydrogen (secondary N) is 7. The Bertz CT molecular complexity index is 3470. The number of anilines is 1. The molecular weight excluding hydrogens is 1400 g/mol. The Morgan fingerprint density at radius 3 is 2.03 bits per heavy atom. The summed E-state index contributed by atoms with van der Waals surface area (Å²) in [6.07, 6.45) is -0.103. The average molecular weight is 1500 g/mol. The van der Waals surface area contributed by atoms with E-state index in [1.807, 2.05) is 45.0 Å². The highest BCUT2D eigenvalue weighted by Gasteiger charge is 2.48. The van der Waals surface area contributed by atoms with Crippen LogP contribution < -0.4 is 42.0 Å². The number of amides is 9. The number of hydrogen-bond donors (Lipinski definition) is 7. The number of benzene rings is 3. The van der Waals surface area contributed by atoms with Crippen molar-refractivity contribution in [3.63, 3.8) is 0 Å². The summed E-state index contributed by atoms with van der Waals surface area (Å²) in [5.41, 5.74) is 1.84. The minimum Gasteiger partial charge on any atom is -0.495 e. The maximum absolute atomic E-state index is 14.0. The normalized spacial score (nSPS) is 19.5. The number of esters is 2. The number of carbonyl (C=O) groups excluding carboxylic acids is 12. The zero-order valence-corrected chi connectivity index (χ0v) is 62.6. The van der Waals surface area contributed by atoms with Gasteiger partial charge in [-0.05, 0) is 110 Å². The number of hydroxylamine groups is 2. The molecule has 3 aromatic rings. The molecule has 2 unspecified atom stereocenters. The lowest BCUT2D eigenvalue weighted by Crippen LogP contribution is -2.54. The second kappa shape index (κ2) is 44.2. The first-order valence-corrected chi connectivity index (χ1v) is 36.2.